The standard InChI is InChI=1S/C25H31N3O3/c29-21(16-27-11-8-18-3-1-2-4-20(18)15-27)17-28-12-9-19-13-22(5-6-24(19)25(28)30)31-23-7-10-26-14-23/h1-6,13,21,23,26,29H,7-12,14-17H2. The number of ether oxygens (including phenoxy) is 1. The molecule has 5 rings (SSSR count). The summed E-state index contributed by atoms with van der Waals surface area (Å²) in [7, 11) is 0. The second kappa shape index (κ2) is 8.99. The quantitative estimate of drug-likeness (QED) is 0.745. The highest BCUT2D eigenvalue weighted by Gasteiger charge is 2.28. The molecule has 1 amide bonds. The van der Waals surface area contributed by atoms with Crippen molar-refractivity contribution in [2.75, 3.05) is 39.3 Å². The van der Waals surface area contributed by atoms with Gasteiger partial charge in [-0.15, -0.1) is 0 Å². The molecule has 1 fully saturated rings. The van der Waals surface area contributed by atoms with Crippen LogP contribution >= 0.6 is 0 Å². The third-order valence-corrected chi connectivity index (χ3v) is 6.67. The molecule has 3 heterocycles. The van der Waals surface area contributed by atoms with Crippen molar-refractivity contribution in [3.05, 3.63) is 64.7 Å². The zero-order valence-corrected chi connectivity index (χ0v) is 17.9. The van der Waals surface area contributed by atoms with Gasteiger partial charge in [-0.1, -0.05) is 24.3 Å². The van der Waals surface area contributed by atoms with Gasteiger partial charge in [-0.2, -0.15) is 0 Å². The van der Waals surface area contributed by atoms with Crippen LogP contribution in [-0.4, -0.2) is 72.3 Å². The van der Waals surface area contributed by atoms with Crippen molar-refractivity contribution < 1.29 is 14.6 Å². The Labute approximate surface area is 183 Å². The molecule has 0 saturated carbocycles. The number of hydrogen-bond acceptors (Lipinski definition) is 5. The van der Waals surface area contributed by atoms with Crippen LogP contribution in [0.25, 0.3) is 0 Å². The van der Waals surface area contributed by atoms with Crippen LogP contribution in [0.1, 0.15) is 33.5 Å². The number of nitrogens with zero attached hydrogens (tertiary/aromatic N) is 2. The van der Waals surface area contributed by atoms with Crippen molar-refractivity contribution in [2.24, 2.45) is 0 Å². The molecule has 2 aromatic rings. The Kier molecular flexibility index (Phi) is 5.94. The maximum Gasteiger partial charge on any atom is 0.254 e. The Hall–Kier alpha value is -2.41. The van der Waals surface area contributed by atoms with E-state index in [0.717, 1.165) is 62.3 Å². The van der Waals surface area contributed by atoms with Crippen LogP contribution < -0.4 is 10.1 Å². The van der Waals surface area contributed by atoms with E-state index in [2.05, 4.69) is 34.5 Å². The fourth-order valence-electron chi connectivity index (χ4n) is 5.00. The van der Waals surface area contributed by atoms with E-state index < -0.39 is 6.10 Å². The first-order chi connectivity index (χ1) is 15.2. The molecule has 0 radical (unpaired) electrons. The molecule has 6 nitrogen and oxygen atoms in total. The minimum absolute atomic E-state index is 0.0124. The minimum atomic E-state index is -0.548. The number of hydrogen-bond donors (Lipinski definition) is 2. The number of β-amino-alcohol motifs (C(OH)–C–C–N with tert-alkyl or cyclic N) is 1. The van der Waals surface area contributed by atoms with E-state index in [4.69, 9.17) is 4.74 Å². The topological polar surface area (TPSA) is 65.0 Å². The van der Waals surface area contributed by atoms with Crippen LogP contribution in [0.2, 0.25) is 0 Å². The van der Waals surface area contributed by atoms with E-state index in [1.165, 1.54) is 11.1 Å². The Morgan fingerprint density at radius 1 is 1.06 bits per heavy atom. The molecule has 2 N–H and O–H groups in total. The van der Waals surface area contributed by atoms with Crippen molar-refractivity contribution in [1.82, 2.24) is 15.1 Å². The molecule has 1 saturated heterocycles. The predicted molar refractivity (Wildman–Crippen MR) is 119 cm³/mol. The molecule has 0 aromatic heterocycles. The molecule has 6 heteroatoms. The Bertz CT molecular complexity index is 941. The number of carbonyl (C=O) groups excluding carboxylic acids is 1. The number of benzene rings is 2. The summed E-state index contributed by atoms with van der Waals surface area (Å²) < 4.78 is 6.04. The zero-order chi connectivity index (χ0) is 21.2. The van der Waals surface area contributed by atoms with Gasteiger partial charge in [0, 0.05) is 44.8 Å². The Balaban J connectivity index is 1.17. The summed E-state index contributed by atoms with van der Waals surface area (Å²) in [5, 5.41) is 14.0. The van der Waals surface area contributed by atoms with Crippen molar-refractivity contribution in [3.8, 4) is 5.75 Å². The summed E-state index contributed by atoms with van der Waals surface area (Å²) in [5.74, 6) is 0.859. The second-order valence-corrected chi connectivity index (χ2v) is 8.96. The fourth-order valence-corrected chi connectivity index (χ4v) is 5.00. The number of aliphatic hydroxyl groups excluding tert-OH is 1. The van der Waals surface area contributed by atoms with E-state index in [1.807, 2.05) is 18.2 Å². The molecule has 2 unspecified atom stereocenters. The van der Waals surface area contributed by atoms with E-state index in [-0.39, 0.29) is 12.0 Å². The summed E-state index contributed by atoms with van der Waals surface area (Å²) in [5.41, 5.74) is 4.54. The lowest BCUT2D eigenvalue weighted by Gasteiger charge is -2.34. The number of carbonyl (C=O) groups is 1. The smallest absolute Gasteiger partial charge is 0.254 e. The maximum atomic E-state index is 13.0. The fraction of sp³-hybridized carbons (Fsp3) is 0.480. The Morgan fingerprint density at radius 2 is 1.90 bits per heavy atom. The first kappa shape index (κ1) is 20.5. The van der Waals surface area contributed by atoms with Crippen LogP contribution in [-0.2, 0) is 19.4 Å². The lowest BCUT2D eigenvalue weighted by Crippen LogP contribution is -2.46. The average molecular weight is 422 g/mol. The van der Waals surface area contributed by atoms with Gasteiger partial charge in [-0.05, 0) is 60.7 Å². The highest BCUT2D eigenvalue weighted by Crippen LogP contribution is 2.26. The first-order valence-corrected chi connectivity index (χ1v) is 11.4. The van der Waals surface area contributed by atoms with Gasteiger partial charge < -0.3 is 20.1 Å². The SMILES string of the molecule is O=C1c2ccc(OC3CCNC3)cc2CCN1CC(O)CN1CCc2ccccc2C1. The third-order valence-electron chi connectivity index (χ3n) is 6.67. The van der Waals surface area contributed by atoms with Crippen LogP contribution in [0.15, 0.2) is 42.5 Å². The molecular weight excluding hydrogens is 390 g/mol. The lowest BCUT2D eigenvalue weighted by atomic mass is 9.98. The van der Waals surface area contributed by atoms with Crippen molar-refractivity contribution >= 4 is 5.91 Å². The monoisotopic (exact) mass is 421 g/mol. The van der Waals surface area contributed by atoms with Gasteiger partial charge >= 0.3 is 0 Å². The highest BCUT2D eigenvalue weighted by atomic mass is 16.5. The highest BCUT2D eigenvalue weighted by molar-refractivity contribution is 5.97. The van der Waals surface area contributed by atoms with Crippen LogP contribution in [0.5, 0.6) is 5.75 Å². The summed E-state index contributed by atoms with van der Waals surface area (Å²) in [6, 6.07) is 14.3. The maximum absolute atomic E-state index is 13.0. The van der Waals surface area contributed by atoms with Crippen LogP contribution in [0, 0.1) is 0 Å². The van der Waals surface area contributed by atoms with Gasteiger partial charge in [0.25, 0.3) is 5.91 Å². The summed E-state index contributed by atoms with van der Waals surface area (Å²) in [4.78, 5) is 17.1. The van der Waals surface area contributed by atoms with E-state index in [9.17, 15) is 9.90 Å². The number of rotatable bonds is 6. The third kappa shape index (κ3) is 4.61. The molecule has 3 aliphatic heterocycles. The number of amides is 1. The van der Waals surface area contributed by atoms with E-state index in [0.29, 0.717) is 19.6 Å². The zero-order valence-electron chi connectivity index (χ0n) is 17.9. The van der Waals surface area contributed by atoms with Gasteiger partial charge in [0.1, 0.15) is 11.9 Å². The predicted octanol–water partition coefficient (Wildman–Crippen LogP) is 1.84. The molecule has 3 aliphatic rings. The molecule has 31 heavy (non-hydrogen) atoms. The van der Waals surface area contributed by atoms with E-state index >= 15 is 0 Å². The lowest BCUT2D eigenvalue weighted by molar-refractivity contribution is 0.0492. The molecule has 0 aliphatic carbocycles. The molecule has 164 valence electrons. The van der Waals surface area contributed by atoms with Crippen LogP contribution in [0.4, 0.5) is 0 Å². The van der Waals surface area contributed by atoms with E-state index in [1.54, 1.807) is 4.90 Å². The van der Waals surface area contributed by atoms with Crippen LogP contribution in [0.3, 0.4) is 0 Å². The summed E-state index contributed by atoms with van der Waals surface area (Å²) in [6.07, 6.45) is 2.49. The van der Waals surface area contributed by atoms with Gasteiger partial charge in [-0.3, -0.25) is 9.69 Å². The Morgan fingerprint density at radius 3 is 2.74 bits per heavy atom. The van der Waals surface area contributed by atoms with Gasteiger partial charge in [-0.25, -0.2) is 0 Å². The van der Waals surface area contributed by atoms with Crippen molar-refractivity contribution in [3.63, 3.8) is 0 Å². The van der Waals surface area contributed by atoms with Gasteiger partial charge in [0.05, 0.1) is 6.10 Å². The van der Waals surface area contributed by atoms with Crippen molar-refractivity contribution in [1.29, 1.82) is 0 Å². The average Bonchev–Trinajstić information content (AvgIpc) is 3.29. The minimum Gasteiger partial charge on any atom is -0.489 e. The number of aliphatic hydroxyl groups is 1. The number of nitrogens with one attached hydrogen (secondary N) is 1. The molecule has 2 atom stereocenters. The molecule has 0 spiro atoms. The number of fused-ring (bicyclic) bond motifs is 2. The van der Waals surface area contributed by atoms with Gasteiger partial charge in [0.2, 0.25) is 0 Å². The summed E-state index contributed by atoms with van der Waals surface area (Å²) in [6.45, 7) is 5.29. The molecular formula is C25H31N3O3. The normalized spacial score (nSPS) is 22.2. The second-order valence-electron chi connectivity index (χ2n) is 8.96. The molecule has 0 bridgehead atoms. The molecule has 2 aromatic carbocycles. The summed E-state index contributed by atoms with van der Waals surface area (Å²) >= 11 is 0. The van der Waals surface area contributed by atoms with Crippen molar-refractivity contribution in [2.45, 2.75) is 38.0 Å². The largest absolute Gasteiger partial charge is 0.489 e. The first-order valence-electron chi connectivity index (χ1n) is 11.4. The van der Waals surface area contributed by atoms with Gasteiger partial charge in [0.15, 0.2) is 0 Å².